The van der Waals surface area contributed by atoms with Gasteiger partial charge in [-0.3, -0.25) is 0 Å². The van der Waals surface area contributed by atoms with E-state index in [4.69, 9.17) is 13.9 Å². The summed E-state index contributed by atoms with van der Waals surface area (Å²) in [5.74, 6) is 2.22. The van der Waals surface area contributed by atoms with Gasteiger partial charge in [0.25, 0.3) is 0 Å². The quantitative estimate of drug-likeness (QED) is 0.869. The summed E-state index contributed by atoms with van der Waals surface area (Å²) in [5.41, 5.74) is 0.730. The first-order valence-corrected chi connectivity index (χ1v) is 6.17. The Hall–Kier alpha value is -1.94. The van der Waals surface area contributed by atoms with E-state index < -0.39 is 6.10 Å². The summed E-state index contributed by atoms with van der Waals surface area (Å²) in [6.07, 6.45) is 2.26. The molecule has 102 valence electrons. The predicted octanol–water partition coefficient (Wildman–Crippen LogP) is 2.96. The number of aliphatic hydroxyl groups is 1. The second-order valence-corrected chi connectivity index (χ2v) is 4.24. The zero-order valence-electron chi connectivity index (χ0n) is 11.1. The van der Waals surface area contributed by atoms with Gasteiger partial charge in [0.2, 0.25) is 0 Å². The summed E-state index contributed by atoms with van der Waals surface area (Å²) in [7, 11) is 3.19. The smallest absolute Gasteiger partial charge is 0.124 e. The Morgan fingerprint density at radius 1 is 1.21 bits per heavy atom. The minimum atomic E-state index is -0.616. The van der Waals surface area contributed by atoms with Crippen molar-refractivity contribution in [1.82, 2.24) is 0 Å². The van der Waals surface area contributed by atoms with Crippen LogP contribution in [0.25, 0.3) is 0 Å². The van der Waals surface area contributed by atoms with Gasteiger partial charge in [0.15, 0.2) is 0 Å². The summed E-state index contributed by atoms with van der Waals surface area (Å²) < 4.78 is 15.7. The highest BCUT2D eigenvalue weighted by molar-refractivity contribution is 5.41. The van der Waals surface area contributed by atoms with E-state index in [0.717, 1.165) is 11.3 Å². The summed E-state index contributed by atoms with van der Waals surface area (Å²) in [4.78, 5) is 0. The average molecular weight is 262 g/mol. The fourth-order valence-electron chi connectivity index (χ4n) is 1.99. The molecule has 0 fully saturated rings. The highest BCUT2D eigenvalue weighted by Gasteiger charge is 2.15. The Balaban J connectivity index is 2.10. The topological polar surface area (TPSA) is 51.8 Å². The maximum absolute atomic E-state index is 10.3. The molecule has 0 saturated carbocycles. The largest absolute Gasteiger partial charge is 0.497 e. The number of aryl methyl sites for hydroxylation is 1. The molecule has 0 aliphatic rings. The molecule has 1 heterocycles. The molecule has 1 aromatic carbocycles. The molecule has 0 saturated heterocycles. The first-order chi connectivity index (χ1) is 9.24. The Bertz CT molecular complexity index is 505. The monoisotopic (exact) mass is 262 g/mol. The number of hydrogen-bond acceptors (Lipinski definition) is 4. The van der Waals surface area contributed by atoms with Crippen LogP contribution in [0.15, 0.2) is 41.0 Å². The van der Waals surface area contributed by atoms with Crippen molar-refractivity contribution in [2.45, 2.75) is 18.9 Å². The first-order valence-electron chi connectivity index (χ1n) is 6.17. The van der Waals surface area contributed by atoms with Crippen LogP contribution in [-0.2, 0) is 6.42 Å². The molecule has 0 radical (unpaired) electrons. The van der Waals surface area contributed by atoms with Crippen LogP contribution in [0.4, 0.5) is 0 Å². The number of ether oxygens (including phenoxy) is 2. The van der Waals surface area contributed by atoms with Crippen molar-refractivity contribution in [1.29, 1.82) is 0 Å². The van der Waals surface area contributed by atoms with Gasteiger partial charge in [-0.25, -0.2) is 0 Å². The molecule has 0 aliphatic heterocycles. The van der Waals surface area contributed by atoms with Crippen molar-refractivity contribution >= 4 is 0 Å². The molecule has 2 aromatic rings. The molecule has 4 heteroatoms. The molecule has 0 bridgehead atoms. The molecule has 0 amide bonds. The van der Waals surface area contributed by atoms with Gasteiger partial charge in [-0.15, -0.1) is 0 Å². The van der Waals surface area contributed by atoms with Crippen LogP contribution in [-0.4, -0.2) is 19.3 Å². The van der Waals surface area contributed by atoms with Crippen molar-refractivity contribution in [2.24, 2.45) is 0 Å². The zero-order valence-corrected chi connectivity index (χ0v) is 11.1. The molecule has 0 spiro atoms. The Morgan fingerprint density at radius 2 is 2.05 bits per heavy atom. The lowest BCUT2D eigenvalue weighted by Gasteiger charge is -2.15. The highest BCUT2D eigenvalue weighted by atomic mass is 16.5. The van der Waals surface area contributed by atoms with Gasteiger partial charge in [0.05, 0.1) is 26.6 Å². The molecule has 0 aliphatic carbocycles. The van der Waals surface area contributed by atoms with Gasteiger partial charge in [-0.1, -0.05) is 0 Å². The van der Waals surface area contributed by atoms with E-state index >= 15 is 0 Å². The van der Waals surface area contributed by atoms with E-state index in [0.29, 0.717) is 24.3 Å². The van der Waals surface area contributed by atoms with E-state index in [-0.39, 0.29) is 0 Å². The van der Waals surface area contributed by atoms with E-state index in [2.05, 4.69) is 0 Å². The average Bonchev–Trinajstić information content (AvgIpc) is 2.97. The molecular formula is C15H18O4. The maximum atomic E-state index is 10.3. The van der Waals surface area contributed by atoms with Crippen LogP contribution in [0, 0.1) is 0 Å². The number of benzene rings is 1. The van der Waals surface area contributed by atoms with Crippen LogP contribution >= 0.6 is 0 Å². The van der Waals surface area contributed by atoms with Crippen LogP contribution in [0.2, 0.25) is 0 Å². The van der Waals surface area contributed by atoms with Crippen molar-refractivity contribution in [3.8, 4) is 11.5 Å². The lowest BCUT2D eigenvalue weighted by atomic mass is 10.0. The van der Waals surface area contributed by atoms with Gasteiger partial charge in [0, 0.05) is 12.0 Å². The Kier molecular flexibility index (Phi) is 4.47. The van der Waals surface area contributed by atoms with Gasteiger partial charge in [0.1, 0.15) is 17.3 Å². The van der Waals surface area contributed by atoms with Crippen LogP contribution in [0.1, 0.15) is 23.8 Å². The minimum Gasteiger partial charge on any atom is -0.497 e. The molecule has 19 heavy (non-hydrogen) atoms. The van der Waals surface area contributed by atoms with E-state index in [1.807, 2.05) is 18.2 Å². The highest BCUT2D eigenvalue weighted by Crippen LogP contribution is 2.31. The fourth-order valence-corrected chi connectivity index (χ4v) is 1.99. The molecule has 1 N–H and O–H groups in total. The number of hydrogen-bond donors (Lipinski definition) is 1. The van der Waals surface area contributed by atoms with Gasteiger partial charge < -0.3 is 19.0 Å². The summed E-state index contributed by atoms with van der Waals surface area (Å²) >= 11 is 0. The third kappa shape index (κ3) is 3.29. The van der Waals surface area contributed by atoms with Crippen LogP contribution in [0.3, 0.4) is 0 Å². The number of rotatable bonds is 6. The maximum Gasteiger partial charge on any atom is 0.124 e. The molecule has 4 nitrogen and oxygen atoms in total. The lowest BCUT2D eigenvalue weighted by molar-refractivity contribution is 0.161. The number of aliphatic hydroxyl groups excluding tert-OH is 1. The fraction of sp³-hybridized carbons (Fsp3) is 0.333. The SMILES string of the molecule is COc1ccc(OC)c(C(O)CCc2ccco2)c1. The molecular weight excluding hydrogens is 244 g/mol. The second-order valence-electron chi connectivity index (χ2n) is 4.24. The molecule has 1 unspecified atom stereocenters. The van der Waals surface area contributed by atoms with Gasteiger partial charge in [-0.2, -0.15) is 0 Å². The standard InChI is InChI=1S/C15H18O4/c1-17-12-6-8-15(18-2)13(10-12)14(16)7-5-11-4-3-9-19-11/h3-4,6,8-10,14,16H,5,7H2,1-2H3. The summed E-state index contributed by atoms with van der Waals surface area (Å²) in [6.45, 7) is 0. The van der Waals surface area contributed by atoms with Crippen molar-refractivity contribution < 1.29 is 19.0 Å². The van der Waals surface area contributed by atoms with Crippen LogP contribution in [0.5, 0.6) is 11.5 Å². The Morgan fingerprint density at radius 3 is 2.68 bits per heavy atom. The minimum absolute atomic E-state index is 0.567. The third-order valence-electron chi connectivity index (χ3n) is 3.04. The lowest BCUT2D eigenvalue weighted by Crippen LogP contribution is -2.02. The number of furan rings is 1. The molecule has 1 aromatic heterocycles. The van der Waals surface area contributed by atoms with Crippen molar-refractivity contribution in [2.75, 3.05) is 14.2 Å². The summed E-state index contributed by atoms with van der Waals surface area (Å²) in [6, 6.07) is 9.14. The normalized spacial score (nSPS) is 12.2. The molecule has 2 rings (SSSR count). The van der Waals surface area contributed by atoms with Crippen molar-refractivity contribution in [3.63, 3.8) is 0 Å². The van der Waals surface area contributed by atoms with Gasteiger partial charge >= 0.3 is 0 Å². The summed E-state index contributed by atoms with van der Waals surface area (Å²) in [5, 5.41) is 10.3. The van der Waals surface area contributed by atoms with Crippen molar-refractivity contribution in [3.05, 3.63) is 47.9 Å². The molecule has 1 atom stereocenters. The number of methoxy groups -OCH3 is 2. The van der Waals surface area contributed by atoms with E-state index in [9.17, 15) is 5.11 Å². The zero-order chi connectivity index (χ0) is 13.7. The van der Waals surface area contributed by atoms with Gasteiger partial charge in [-0.05, 0) is 36.8 Å². The predicted molar refractivity (Wildman–Crippen MR) is 71.5 cm³/mol. The van der Waals surface area contributed by atoms with Crippen LogP contribution < -0.4 is 9.47 Å². The van der Waals surface area contributed by atoms with E-state index in [1.54, 1.807) is 32.6 Å². The van der Waals surface area contributed by atoms with E-state index in [1.165, 1.54) is 0 Å². The first kappa shape index (κ1) is 13.5. The third-order valence-corrected chi connectivity index (χ3v) is 3.04. The second kappa shape index (κ2) is 6.29. The Labute approximate surface area is 112 Å².